The predicted octanol–water partition coefficient (Wildman–Crippen LogP) is 2.12. The summed E-state index contributed by atoms with van der Waals surface area (Å²) in [6.07, 6.45) is 1.68. The van der Waals surface area contributed by atoms with Crippen LogP contribution in [0.1, 0.15) is 33.3 Å². The summed E-state index contributed by atoms with van der Waals surface area (Å²) in [6, 6.07) is 3.83. The molecule has 0 saturated heterocycles. The summed E-state index contributed by atoms with van der Waals surface area (Å²) >= 11 is 0. The van der Waals surface area contributed by atoms with Gasteiger partial charge in [-0.25, -0.2) is 4.98 Å². The molecule has 1 aliphatic rings. The summed E-state index contributed by atoms with van der Waals surface area (Å²) in [7, 11) is 0. The van der Waals surface area contributed by atoms with E-state index in [0.717, 1.165) is 11.3 Å². The zero-order chi connectivity index (χ0) is 15.6. The SMILES string of the molecule is CC(C)C1=C(C(C)C)N(Cc2cccnc2N)CC(=O)N1. The van der Waals surface area contributed by atoms with Gasteiger partial charge in [-0.1, -0.05) is 33.8 Å². The number of anilines is 1. The summed E-state index contributed by atoms with van der Waals surface area (Å²) in [6.45, 7) is 9.46. The van der Waals surface area contributed by atoms with Crippen molar-refractivity contribution in [3.63, 3.8) is 0 Å². The van der Waals surface area contributed by atoms with Crippen LogP contribution in [-0.4, -0.2) is 22.3 Å². The van der Waals surface area contributed by atoms with E-state index in [1.807, 2.05) is 12.1 Å². The smallest absolute Gasteiger partial charge is 0.243 e. The van der Waals surface area contributed by atoms with Crippen LogP contribution in [0.4, 0.5) is 5.82 Å². The van der Waals surface area contributed by atoms with Crippen LogP contribution in [0.15, 0.2) is 29.7 Å². The highest BCUT2D eigenvalue weighted by atomic mass is 16.2. The van der Waals surface area contributed by atoms with Crippen molar-refractivity contribution in [2.24, 2.45) is 11.8 Å². The van der Waals surface area contributed by atoms with Gasteiger partial charge in [-0.2, -0.15) is 0 Å². The molecule has 0 radical (unpaired) electrons. The van der Waals surface area contributed by atoms with Crippen molar-refractivity contribution in [1.82, 2.24) is 15.2 Å². The molecular weight excluding hydrogens is 264 g/mol. The Labute approximate surface area is 126 Å². The third-order valence-corrected chi connectivity index (χ3v) is 3.64. The molecule has 2 rings (SSSR count). The lowest BCUT2D eigenvalue weighted by atomic mass is 9.97. The van der Waals surface area contributed by atoms with Crippen LogP contribution in [0.25, 0.3) is 0 Å². The molecule has 1 amide bonds. The maximum Gasteiger partial charge on any atom is 0.243 e. The number of hydrogen-bond donors (Lipinski definition) is 2. The third kappa shape index (κ3) is 3.35. The van der Waals surface area contributed by atoms with Gasteiger partial charge in [0.05, 0.1) is 6.54 Å². The number of carbonyl (C=O) groups is 1. The second-order valence-corrected chi connectivity index (χ2v) is 6.06. The lowest BCUT2D eigenvalue weighted by Crippen LogP contribution is -2.45. The molecular formula is C16H24N4O. The number of rotatable bonds is 4. The lowest BCUT2D eigenvalue weighted by molar-refractivity contribution is -0.122. The van der Waals surface area contributed by atoms with E-state index in [1.54, 1.807) is 6.20 Å². The fraction of sp³-hybridized carbons (Fsp3) is 0.500. The first kappa shape index (κ1) is 15.4. The van der Waals surface area contributed by atoms with Crippen LogP contribution >= 0.6 is 0 Å². The summed E-state index contributed by atoms with van der Waals surface area (Å²) < 4.78 is 0. The fourth-order valence-electron chi connectivity index (χ4n) is 2.73. The molecule has 0 saturated carbocycles. The molecule has 1 aromatic heterocycles. The second-order valence-electron chi connectivity index (χ2n) is 6.06. The first-order valence-corrected chi connectivity index (χ1v) is 7.38. The van der Waals surface area contributed by atoms with Crippen molar-refractivity contribution < 1.29 is 4.79 Å². The van der Waals surface area contributed by atoms with Crippen LogP contribution in [-0.2, 0) is 11.3 Å². The van der Waals surface area contributed by atoms with Gasteiger partial charge in [-0.05, 0) is 17.9 Å². The molecule has 0 bridgehead atoms. The summed E-state index contributed by atoms with van der Waals surface area (Å²) in [5, 5.41) is 3.03. The first-order chi connectivity index (χ1) is 9.90. The average molecular weight is 288 g/mol. The molecule has 21 heavy (non-hydrogen) atoms. The van der Waals surface area contributed by atoms with Crippen LogP contribution in [0, 0.1) is 11.8 Å². The van der Waals surface area contributed by atoms with E-state index in [4.69, 9.17) is 5.73 Å². The van der Waals surface area contributed by atoms with Gasteiger partial charge in [0, 0.05) is 29.7 Å². The molecule has 5 nitrogen and oxygen atoms in total. The molecule has 1 aliphatic heterocycles. The number of allylic oxidation sites excluding steroid dienone is 2. The van der Waals surface area contributed by atoms with Crippen molar-refractivity contribution in [2.45, 2.75) is 34.2 Å². The molecule has 1 aromatic rings. The lowest BCUT2D eigenvalue weighted by Gasteiger charge is -2.37. The highest BCUT2D eigenvalue weighted by molar-refractivity contribution is 5.81. The molecule has 0 fully saturated rings. The highest BCUT2D eigenvalue weighted by Crippen LogP contribution is 2.28. The van der Waals surface area contributed by atoms with Crippen LogP contribution in [0.5, 0.6) is 0 Å². The standard InChI is InChI=1S/C16H24N4O/c1-10(2)14-15(11(3)4)20(9-13(21)19-14)8-12-6-5-7-18-16(12)17/h5-7,10-11H,8-9H2,1-4H3,(H2,17,18)(H,19,21). The monoisotopic (exact) mass is 288 g/mol. The van der Waals surface area contributed by atoms with Crippen molar-refractivity contribution in [1.29, 1.82) is 0 Å². The maximum atomic E-state index is 12.0. The molecule has 2 heterocycles. The number of pyridine rings is 1. The third-order valence-electron chi connectivity index (χ3n) is 3.64. The van der Waals surface area contributed by atoms with Crippen LogP contribution in [0.2, 0.25) is 0 Å². The average Bonchev–Trinajstić information content (AvgIpc) is 2.40. The van der Waals surface area contributed by atoms with Crippen molar-refractivity contribution in [3.8, 4) is 0 Å². The molecule has 0 unspecified atom stereocenters. The van der Waals surface area contributed by atoms with E-state index < -0.39 is 0 Å². The zero-order valence-electron chi connectivity index (χ0n) is 13.2. The van der Waals surface area contributed by atoms with Crippen molar-refractivity contribution in [3.05, 3.63) is 35.3 Å². The highest BCUT2D eigenvalue weighted by Gasteiger charge is 2.28. The quantitative estimate of drug-likeness (QED) is 0.890. The van der Waals surface area contributed by atoms with E-state index >= 15 is 0 Å². The number of nitrogens with zero attached hydrogens (tertiary/aromatic N) is 2. The molecule has 5 heteroatoms. The van der Waals surface area contributed by atoms with E-state index in [9.17, 15) is 4.79 Å². The summed E-state index contributed by atoms with van der Waals surface area (Å²) in [4.78, 5) is 18.2. The molecule has 114 valence electrons. The van der Waals surface area contributed by atoms with Crippen molar-refractivity contribution >= 4 is 11.7 Å². The van der Waals surface area contributed by atoms with E-state index in [-0.39, 0.29) is 11.8 Å². The van der Waals surface area contributed by atoms with Gasteiger partial charge in [0.2, 0.25) is 5.91 Å². The Morgan fingerprint density at radius 3 is 2.62 bits per heavy atom. The van der Waals surface area contributed by atoms with Gasteiger partial charge in [-0.3, -0.25) is 4.79 Å². The largest absolute Gasteiger partial charge is 0.383 e. The molecule has 0 aliphatic carbocycles. The second kappa shape index (κ2) is 6.16. The Bertz CT molecular complexity index is 563. The minimum atomic E-state index is 0.0329. The van der Waals surface area contributed by atoms with Gasteiger partial charge >= 0.3 is 0 Å². The minimum Gasteiger partial charge on any atom is -0.383 e. The van der Waals surface area contributed by atoms with Gasteiger partial charge < -0.3 is 16.0 Å². The zero-order valence-corrected chi connectivity index (χ0v) is 13.2. The fourth-order valence-corrected chi connectivity index (χ4v) is 2.73. The molecule has 3 N–H and O–H groups in total. The Balaban J connectivity index is 2.38. The van der Waals surface area contributed by atoms with Crippen LogP contribution < -0.4 is 11.1 Å². The van der Waals surface area contributed by atoms with Crippen molar-refractivity contribution in [2.75, 3.05) is 12.3 Å². The Kier molecular flexibility index (Phi) is 4.50. The van der Waals surface area contributed by atoms with E-state index in [0.29, 0.717) is 24.8 Å². The van der Waals surface area contributed by atoms with Gasteiger partial charge in [0.15, 0.2) is 0 Å². The maximum absolute atomic E-state index is 12.0. The summed E-state index contributed by atoms with van der Waals surface area (Å²) in [5.74, 6) is 1.17. The Morgan fingerprint density at radius 1 is 1.33 bits per heavy atom. The van der Waals surface area contributed by atoms with Gasteiger partial charge in [0.25, 0.3) is 0 Å². The number of aromatic nitrogens is 1. The topological polar surface area (TPSA) is 71.2 Å². The van der Waals surface area contributed by atoms with E-state index in [1.165, 1.54) is 5.70 Å². The number of amides is 1. The van der Waals surface area contributed by atoms with Gasteiger partial charge in [0.1, 0.15) is 5.82 Å². The van der Waals surface area contributed by atoms with Crippen LogP contribution in [0.3, 0.4) is 0 Å². The molecule has 0 aromatic carbocycles. The Morgan fingerprint density at radius 2 is 2.05 bits per heavy atom. The first-order valence-electron chi connectivity index (χ1n) is 7.38. The summed E-state index contributed by atoms with van der Waals surface area (Å²) in [5.41, 5.74) is 9.09. The number of nitrogens with two attached hydrogens (primary N) is 1. The van der Waals surface area contributed by atoms with Gasteiger partial charge in [-0.15, -0.1) is 0 Å². The predicted molar refractivity (Wildman–Crippen MR) is 83.9 cm³/mol. The normalized spacial score (nSPS) is 15.9. The number of hydrogen-bond acceptors (Lipinski definition) is 4. The Hall–Kier alpha value is -2.04. The molecule has 0 spiro atoms. The number of carbonyl (C=O) groups excluding carboxylic acids is 1. The number of nitrogen functional groups attached to an aromatic ring is 1. The minimum absolute atomic E-state index is 0.0329. The number of nitrogens with one attached hydrogen (secondary N) is 1. The van der Waals surface area contributed by atoms with E-state index in [2.05, 4.69) is 42.9 Å². The molecule has 0 atom stereocenters.